The van der Waals surface area contributed by atoms with Gasteiger partial charge in [0.1, 0.15) is 19.0 Å². The van der Waals surface area contributed by atoms with Crippen LogP contribution in [0.15, 0.2) is 22.2 Å². The summed E-state index contributed by atoms with van der Waals surface area (Å²) in [5.41, 5.74) is -0.291. The maximum Gasteiger partial charge on any atom is 0.430 e. The summed E-state index contributed by atoms with van der Waals surface area (Å²) in [6, 6.07) is 3.00. The molecule has 1 aromatic rings. The van der Waals surface area contributed by atoms with Crippen LogP contribution < -0.4 is 10.4 Å². The number of alkyl halides is 3. The van der Waals surface area contributed by atoms with E-state index in [9.17, 15) is 33.3 Å². The summed E-state index contributed by atoms with van der Waals surface area (Å²) >= 11 is 3.20. The van der Waals surface area contributed by atoms with Crippen LogP contribution >= 0.6 is 15.9 Å². The molecule has 1 aromatic carbocycles. The lowest BCUT2D eigenvalue weighted by atomic mass is 9.99. The molecule has 1 heterocycles. The summed E-state index contributed by atoms with van der Waals surface area (Å²) in [5, 5.41) is 19.4. The zero-order valence-corrected chi connectivity index (χ0v) is 16.2. The first-order valence-electron chi connectivity index (χ1n) is 7.81. The molecule has 1 aliphatic rings. The molecule has 1 aliphatic heterocycles. The molecule has 0 aromatic heterocycles. The summed E-state index contributed by atoms with van der Waals surface area (Å²) < 4.78 is 50.9. The van der Waals surface area contributed by atoms with Crippen molar-refractivity contribution in [2.24, 2.45) is 0 Å². The van der Waals surface area contributed by atoms with Crippen molar-refractivity contribution in [2.75, 3.05) is 13.2 Å². The summed E-state index contributed by atoms with van der Waals surface area (Å²) in [6.45, 7) is 0.0315. The molecule has 0 fully saturated rings. The number of halogens is 4. The highest BCUT2D eigenvalue weighted by molar-refractivity contribution is 9.10. The van der Waals surface area contributed by atoms with E-state index in [4.69, 9.17) is 9.47 Å². The van der Waals surface area contributed by atoms with Crippen LogP contribution in [-0.2, 0) is 19.2 Å². The highest BCUT2D eigenvalue weighted by Crippen LogP contribution is 2.40. The first-order valence-corrected chi connectivity index (χ1v) is 8.61. The van der Waals surface area contributed by atoms with E-state index in [1.165, 1.54) is 13.0 Å². The lowest BCUT2D eigenvalue weighted by molar-refractivity contribution is -0.852. The minimum absolute atomic E-state index is 0.0228. The molecule has 29 heavy (non-hydrogen) atoms. The van der Waals surface area contributed by atoms with Gasteiger partial charge in [-0.1, -0.05) is 15.9 Å². The highest BCUT2D eigenvalue weighted by atomic mass is 79.9. The molecular formula is C15H14BrF3N2O8. The fourth-order valence-corrected chi connectivity index (χ4v) is 3.07. The van der Waals surface area contributed by atoms with Crippen molar-refractivity contribution in [3.63, 3.8) is 0 Å². The van der Waals surface area contributed by atoms with Crippen molar-refractivity contribution >= 4 is 28.0 Å². The van der Waals surface area contributed by atoms with Crippen LogP contribution in [0, 0.1) is 22.2 Å². The van der Waals surface area contributed by atoms with E-state index in [1.54, 1.807) is 6.07 Å². The molecule has 0 saturated heterocycles. The van der Waals surface area contributed by atoms with Gasteiger partial charge in [-0.05, 0) is 30.7 Å². The predicted octanol–water partition coefficient (Wildman–Crippen LogP) is 1.58. The molecule has 14 heteroatoms. The molecule has 0 saturated carbocycles. The third-order valence-corrected chi connectivity index (χ3v) is 4.08. The Morgan fingerprint density at radius 2 is 2.10 bits per heavy atom. The van der Waals surface area contributed by atoms with Crippen molar-refractivity contribution in [1.29, 1.82) is 0 Å². The zero-order chi connectivity index (χ0) is 21.8. The number of hydrogen-bond acceptors (Lipinski definition) is 8. The maximum atomic E-state index is 13.5. The molecule has 0 spiro atoms. The minimum atomic E-state index is -4.95. The molecule has 10 nitrogen and oxygen atoms in total. The molecule has 0 amide bonds. The van der Waals surface area contributed by atoms with Crippen LogP contribution in [0.1, 0.15) is 11.1 Å². The summed E-state index contributed by atoms with van der Waals surface area (Å²) in [5.74, 6) is -1.51. The Bertz CT molecular complexity index is 817. The number of rotatable bonds is 8. The van der Waals surface area contributed by atoms with Crippen molar-refractivity contribution in [2.45, 2.75) is 25.3 Å². The van der Waals surface area contributed by atoms with Gasteiger partial charge in [0.15, 0.2) is 6.10 Å². The third kappa shape index (κ3) is 6.03. The highest BCUT2D eigenvalue weighted by Gasteiger charge is 2.49. The quantitative estimate of drug-likeness (QED) is 0.332. The molecule has 2 rings (SSSR count). The number of esters is 1. The number of ether oxygens (including phenoxy) is 2. The number of carbonyl (C=O) groups excluding carboxylic acids is 1. The fourth-order valence-electron chi connectivity index (χ4n) is 2.48. The molecule has 2 atom stereocenters. The lowest BCUT2D eigenvalue weighted by Crippen LogP contribution is -2.76. The van der Waals surface area contributed by atoms with Crippen LogP contribution in [0.25, 0.3) is 6.08 Å². The second-order valence-electron chi connectivity index (χ2n) is 5.76. The third-order valence-electron chi connectivity index (χ3n) is 3.62. The van der Waals surface area contributed by atoms with Crippen LogP contribution in [-0.4, -0.2) is 42.7 Å². The molecule has 0 bridgehead atoms. The van der Waals surface area contributed by atoms with E-state index in [-0.39, 0.29) is 17.0 Å². The van der Waals surface area contributed by atoms with Crippen LogP contribution in [0.2, 0.25) is 0 Å². The van der Waals surface area contributed by atoms with Gasteiger partial charge in [0, 0.05) is 10.0 Å². The van der Waals surface area contributed by atoms with Crippen molar-refractivity contribution in [1.82, 2.24) is 0 Å². The smallest absolute Gasteiger partial charge is 0.430 e. The number of nitrogens with two attached hydrogens (primary N) is 1. The number of quaternary nitrogens is 1. The Balaban J connectivity index is 2.34. The van der Waals surface area contributed by atoms with Crippen molar-refractivity contribution < 1.29 is 47.8 Å². The van der Waals surface area contributed by atoms with Gasteiger partial charge in [0.25, 0.3) is 5.09 Å². The fraction of sp³-hybridized carbons (Fsp3) is 0.400. The SMILES string of the molecule is Cc1cc(Br)cc2c1O[C@H](C(F)(F)F)C(C(=O)OC(CO[NH2+][O-])CO[N+](=O)[O-])=C2. The molecule has 1 unspecified atom stereocenters. The van der Waals surface area contributed by atoms with Crippen molar-refractivity contribution in [3.8, 4) is 5.75 Å². The van der Waals surface area contributed by atoms with Crippen LogP contribution in [0.5, 0.6) is 5.75 Å². The standard InChI is InChI=1S/C15H14BrF3N2O8/c1-7-2-9(16)3-8-4-11(13(15(17,18)19)29-12(7)8)14(22)28-10(5-26-20-23)6-27-21(24)25/h2-4,10,13H,5-6,20H2,1H3/t10?,13-/m0/s1. The summed E-state index contributed by atoms with van der Waals surface area (Å²) in [4.78, 5) is 31.1. The number of aryl methyl sites for hydroxylation is 1. The largest absolute Gasteiger partial charge is 0.601 e. The Morgan fingerprint density at radius 3 is 2.69 bits per heavy atom. The molecule has 0 aliphatic carbocycles. The Morgan fingerprint density at radius 1 is 1.41 bits per heavy atom. The first kappa shape index (κ1) is 22.9. The van der Waals surface area contributed by atoms with Gasteiger partial charge in [-0.3, -0.25) is 0 Å². The number of fused-ring (bicyclic) bond motifs is 1. The first-order chi connectivity index (χ1) is 13.5. The lowest BCUT2D eigenvalue weighted by Gasteiger charge is -2.29. The number of carbonyl (C=O) groups is 1. The zero-order valence-electron chi connectivity index (χ0n) is 14.6. The second-order valence-corrected chi connectivity index (χ2v) is 6.67. The van der Waals surface area contributed by atoms with E-state index in [2.05, 4.69) is 25.6 Å². The van der Waals surface area contributed by atoms with Gasteiger partial charge >= 0.3 is 12.1 Å². The predicted molar refractivity (Wildman–Crippen MR) is 91.4 cm³/mol. The molecule has 2 N–H and O–H groups in total. The van der Waals surface area contributed by atoms with Gasteiger partial charge in [-0.25, -0.2) is 15.3 Å². The van der Waals surface area contributed by atoms with Gasteiger partial charge in [-0.15, -0.1) is 10.1 Å². The van der Waals surface area contributed by atoms with Gasteiger partial charge in [0.05, 0.1) is 5.57 Å². The average molecular weight is 487 g/mol. The van der Waals surface area contributed by atoms with Gasteiger partial charge in [-0.2, -0.15) is 13.2 Å². The summed E-state index contributed by atoms with van der Waals surface area (Å²) in [7, 11) is 0. The summed E-state index contributed by atoms with van der Waals surface area (Å²) in [6.07, 6.45) is -8.12. The normalized spacial score (nSPS) is 16.9. The van der Waals surface area contributed by atoms with Crippen molar-refractivity contribution in [3.05, 3.63) is 48.6 Å². The van der Waals surface area contributed by atoms with E-state index in [0.717, 1.165) is 6.08 Å². The Kier molecular flexibility index (Phi) is 7.40. The number of hydrogen-bond donors (Lipinski definition) is 1. The number of benzene rings is 1. The van der Waals surface area contributed by atoms with Crippen LogP contribution in [0.3, 0.4) is 0 Å². The second kappa shape index (κ2) is 9.39. The Hall–Kier alpha value is -2.42. The van der Waals surface area contributed by atoms with E-state index in [1.807, 2.05) is 0 Å². The van der Waals surface area contributed by atoms with Gasteiger partial charge < -0.3 is 19.5 Å². The average Bonchev–Trinajstić information content (AvgIpc) is 2.61. The monoisotopic (exact) mass is 486 g/mol. The number of nitrogens with zero attached hydrogens (tertiary/aromatic N) is 1. The maximum absolute atomic E-state index is 13.5. The topological polar surface area (TPSA) is 137 Å². The Labute approximate surface area is 169 Å². The molecular weight excluding hydrogens is 473 g/mol. The van der Waals surface area contributed by atoms with E-state index < -0.39 is 48.2 Å². The minimum Gasteiger partial charge on any atom is -0.601 e. The van der Waals surface area contributed by atoms with E-state index >= 15 is 0 Å². The van der Waals surface area contributed by atoms with Crippen LogP contribution in [0.4, 0.5) is 13.2 Å². The van der Waals surface area contributed by atoms with Gasteiger partial charge in [0.2, 0.25) is 6.10 Å². The van der Waals surface area contributed by atoms with E-state index in [0.29, 0.717) is 10.0 Å². The molecule has 160 valence electrons. The molecule has 0 radical (unpaired) electrons.